The molecule has 0 aliphatic carbocycles. The van der Waals surface area contributed by atoms with Crippen LogP contribution in [0.1, 0.15) is 18.4 Å². The molecule has 0 unspecified atom stereocenters. The molecule has 1 aromatic carbocycles. The highest BCUT2D eigenvalue weighted by atomic mass is 35.5. The van der Waals surface area contributed by atoms with E-state index in [0.717, 1.165) is 0 Å². The summed E-state index contributed by atoms with van der Waals surface area (Å²) in [6.45, 7) is -0.653. The number of rotatable bonds is 7. The van der Waals surface area contributed by atoms with E-state index in [1.165, 1.54) is 12.1 Å². The fourth-order valence-electron chi connectivity index (χ4n) is 1.46. The highest BCUT2D eigenvalue weighted by molar-refractivity contribution is 5.85. The first-order valence-electron chi connectivity index (χ1n) is 6.16. The first-order valence-corrected chi connectivity index (χ1v) is 6.16. The number of carbonyl (C=O) groups is 1. The van der Waals surface area contributed by atoms with Gasteiger partial charge in [-0.3, -0.25) is 4.79 Å². The van der Waals surface area contributed by atoms with E-state index in [2.05, 4.69) is 10.1 Å². The maximum Gasteiger partial charge on any atom is 0.422 e. The molecule has 8 heteroatoms. The van der Waals surface area contributed by atoms with Crippen molar-refractivity contribution in [2.45, 2.75) is 25.6 Å². The molecule has 1 rings (SSSR count). The first kappa shape index (κ1) is 19.5. The van der Waals surface area contributed by atoms with Crippen molar-refractivity contribution in [2.24, 2.45) is 5.73 Å². The SMILES string of the molecule is Cl.NCCCC(=O)NCc1cccc(OCC(F)(F)F)c1. The van der Waals surface area contributed by atoms with Crippen LogP contribution in [0.3, 0.4) is 0 Å². The van der Waals surface area contributed by atoms with Gasteiger partial charge >= 0.3 is 6.18 Å². The van der Waals surface area contributed by atoms with Crippen LogP contribution in [0.5, 0.6) is 5.75 Å². The molecule has 0 aliphatic rings. The predicted octanol–water partition coefficient (Wildman–Crippen LogP) is 2.40. The van der Waals surface area contributed by atoms with E-state index < -0.39 is 12.8 Å². The van der Waals surface area contributed by atoms with Crippen LogP contribution in [-0.2, 0) is 11.3 Å². The first-order chi connectivity index (χ1) is 9.40. The lowest BCUT2D eigenvalue weighted by molar-refractivity contribution is -0.153. The van der Waals surface area contributed by atoms with E-state index in [1.807, 2.05) is 0 Å². The second kappa shape index (κ2) is 9.46. The minimum Gasteiger partial charge on any atom is -0.484 e. The summed E-state index contributed by atoms with van der Waals surface area (Å²) >= 11 is 0. The van der Waals surface area contributed by atoms with Gasteiger partial charge in [-0.25, -0.2) is 0 Å². The number of ether oxygens (including phenoxy) is 1. The van der Waals surface area contributed by atoms with Crippen molar-refractivity contribution in [1.82, 2.24) is 5.32 Å². The quantitative estimate of drug-likeness (QED) is 0.808. The summed E-state index contributed by atoms with van der Waals surface area (Å²) in [7, 11) is 0. The van der Waals surface area contributed by atoms with Crippen LogP contribution in [0.2, 0.25) is 0 Å². The number of benzene rings is 1. The van der Waals surface area contributed by atoms with Crippen molar-refractivity contribution in [1.29, 1.82) is 0 Å². The Balaban J connectivity index is 0.00000400. The summed E-state index contributed by atoms with van der Waals surface area (Å²) in [6.07, 6.45) is -3.44. The van der Waals surface area contributed by atoms with E-state index in [0.29, 0.717) is 24.9 Å². The van der Waals surface area contributed by atoms with Gasteiger partial charge in [-0.2, -0.15) is 13.2 Å². The minimum absolute atomic E-state index is 0. The van der Waals surface area contributed by atoms with Crippen molar-refractivity contribution >= 4 is 18.3 Å². The van der Waals surface area contributed by atoms with Crippen LogP contribution in [-0.4, -0.2) is 25.2 Å². The van der Waals surface area contributed by atoms with Crippen LogP contribution in [0.4, 0.5) is 13.2 Å². The molecule has 0 bridgehead atoms. The third-order valence-corrected chi connectivity index (χ3v) is 2.40. The fourth-order valence-corrected chi connectivity index (χ4v) is 1.46. The maximum atomic E-state index is 12.0. The smallest absolute Gasteiger partial charge is 0.422 e. The van der Waals surface area contributed by atoms with Gasteiger partial charge in [0.2, 0.25) is 5.91 Å². The Morgan fingerprint density at radius 2 is 2.05 bits per heavy atom. The van der Waals surface area contributed by atoms with E-state index in [9.17, 15) is 18.0 Å². The van der Waals surface area contributed by atoms with Gasteiger partial charge in [0.25, 0.3) is 0 Å². The van der Waals surface area contributed by atoms with Gasteiger partial charge in [-0.1, -0.05) is 12.1 Å². The van der Waals surface area contributed by atoms with E-state index in [4.69, 9.17) is 5.73 Å². The molecule has 4 nitrogen and oxygen atoms in total. The average Bonchev–Trinajstić information content (AvgIpc) is 2.40. The number of nitrogens with two attached hydrogens (primary N) is 1. The molecule has 3 N–H and O–H groups in total. The Morgan fingerprint density at radius 3 is 2.67 bits per heavy atom. The molecule has 0 fully saturated rings. The fraction of sp³-hybridized carbons (Fsp3) is 0.462. The molecule has 1 amide bonds. The lowest BCUT2D eigenvalue weighted by Gasteiger charge is -2.10. The van der Waals surface area contributed by atoms with Crippen molar-refractivity contribution in [3.05, 3.63) is 29.8 Å². The highest BCUT2D eigenvalue weighted by Gasteiger charge is 2.28. The van der Waals surface area contributed by atoms with E-state index in [1.54, 1.807) is 12.1 Å². The van der Waals surface area contributed by atoms with Crippen LogP contribution >= 0.6 is 12.4 Å². The van der Waals surface area contributed by atoms with Crippen molar-refractivity contribution in [2.75, 3.05) is 13.2 Å². The molecule has 0 spiro atoms. The number of halogens is 4. The molecule has 1 aromatic rings. The zero-order valence-electron chi connectivity index (χ0n) is 11.3. The standard InChI is InChI=1S/C13H17F3N2O2.ClH/c14-13(15,16)9-20-11-4-1-3-10(7-11)8-18-12(19)5-2-6-17;/h1,3-4,7H,2,5-6,8-9,17H2,(H,18,19);1H. The molecule has 0 atom stereocenters. The molecule has 120 valence electrons. The van der Waals surface area contributed by atoms with Crippen LogP contribution in [0.25, 0.3) is 0 Å². The van der Waals surface area contributed by atoms with Gasteiger partial charge in [0.1, 0.15) is 5.75 Å². The third-order valence-electron chi connectivity index (χ3n) is 2.40. The summed E-state index contributed by atoms with van der Waals surface area (Å²) in [6, 6.07) is 6.18. The zero-order chi connectivity index (χ0) is 15.0. The number of alkyl halides is 3. The van der Waals surface area contributed by atoms with Gasteiger partial charge in [0.15, 0.2) is 6.61 Å². The molecular formula is C13H18ClF3N2O2. The Bertz CT molecular complexity index is 442. The molecule has 0 saturated heterocycles. The average molecular weight is 327 g/mol. The number of amides is 1. The summed E-state index contributed by atoms with van der Waals surface area (Å²) in [5.41, 5.74) is 5.96. The number of hydrogen-bond donors (Lipinski definition) is 2. The summed E-state index contributed by atoms with van der Waals surface area (Å²) in [5.74, 6) is -0.0203. The monoisotopic (exact) mass is 326 g/mol. The van der Waals surface area contributed by atoms with Crippen molar-refractivity contribution in [3.8, 4) is 5.75 Å². The number of nitrogens with one attached hydrogen (secondary N) is 1. The third kappa shape index (κ3) is 9.14. The normalized spacial score (nSPS) is 10.7. The van der Waals surface area contributed by atoms with Gasteiger partial charge in [-0.05, 0) is 30.7 Å². The molecule has 0 saturated carbocycles. The molecule has 0 heterocycles. The zero-order valence-corrected chi connectivity index (χ0v) is 12.1. The van der Waals surface area contributed by atoms with Crippen LogP contribution in [0, 0.1) is 0 Å². The largest absolute Gasteiger partial charge is 0.484 e. The summed E-state index contributed by atoms with van der Waals surface area (Å²) in [5, 5.41) is 2.66. The Hall–Kier alpha value is -1.47. The molecular weight excluding hydrogens is 309 g/mol. The van der Waals surface area contributed by atoms with Gasteiger partial charge < -0.3 is 15.8 Å². The van der Waals surface area contributed by atoms with Gasteiger partial charge in [0.05, 0.1) is 0 Å². The van der Waals surface area contributed by atoms with Crippen LogP contribution < -0.4 is 15.8 Å². The molecule has 0 aliphatic heterocycles. The summed E-state index contributed by atoms with van der Waals surface area (Å²) < 4.78 is 40.7. The molecule has 0 radical (unpaired) electrons. The lowest BCUT2D eigenvalue weighted by atomic mass is 10.2. The molecule has 0 aromatic heterocycles. The van der Waals surface area contributed by atoms with Crippen molar-refractivity contribution in [3.63, 3.8) is 0 Å². The predicted molar refractivity (Wildman–Crippen MR) is 75.4 cm³/mol. The van der Waals surface area contributed by atoms with Gasteiger partial charge in [0, 0.05) is 13.0 Å². The van der Waals surface area contributed by atoms with Crippen LogP contribution in [0.15, 0.2) is 24.3 Å². The number of hydrogen-bond acceptors (Lipinski definition) is 3. The highest BCUT2D eigenvalue weighted by Crippen LogP contribution is 2.19. The van der Waals surface area contributed by atoms with Gasteiger partial charge in [-0.15, -0.1) is 12.4 Å². The van der Waals surface area contributed by atoms with Crippen molar-refractivity contribution < 1.29 is 22.7 Å². The Morgan fingerprint density at radius 1 is 1.33 bits per heavy atom. The molecule has 21 heavy (non-hydrogen) atoms. The topological polar surface area (TPSA) is 64.4 Å². The van der Waals surface area contributed by atoms with E-state index in [-0.39, 0.29) is 30.6 Å². The number of carbonyl (C=O) groups excluding carboxylic acids is 1. The lowest BCUT2D eigenvalue weighted by Crippen LogP contribution is -2.23. The van der Waals surface area contributed by atoms with E-state index >= 15 is 0 Å². The minimum atomic E-state index is -4.37. The Labute approximate surface area is 127 Å². The summed E-state index contributed by atoms with van der Waals surface area (Å²) in [4.78, 5) is 11.4. The second-order valence-corrected chi connectivity index (χ2v) is 4.22. The second-order valence-electron chi connectivity index (χ2n) is 4.22. The Kier molecular flexibility index (Phi) is 8.80. The maximum absolute atomic E-state index is 12.0.